The second-order valence-electron chi connectivity index (χ2n) is 8.15. The molecule has 0 N–H and O–H groups in total. The first-order valence-electron chi connectivity index (χ1n) is 8.80. The number of nitrogens with zero attached hydrogens (tertiary/aromatic N) is 2. The molecule has 0 saturated carbocycles. The Bertz CT molecular complexity index is 346. The summed E-state index contributed by atoms with van der Waals surface area (Å²) in [6.45, 7) is 18.0. The molecule has 0 aromatic rings. The number of rotatable bonds is 8. The van der Waals surface area contributed by atoms with E-state index in [1.54, 1.807) is 0 Å². The van der Waals surface area contributed by atoms with E-state index in [-0.39, 0.29) is 11.1 Å². The van der Waals surface area contributed by atoms with Gasteiger partial charge >= 0.3 is 136 Å². The Hall–Kier alpha value is 0.132. The van der Waals surface area contributed by atoms with Crippen molar-refractivity contribution in [2.45, 2.75) is 116 Å². The van der Waals surface area contributed by atoms with Crippen LogP contribution in [-0.4, -0.2) is 11.1 Å². The average molecular weight is 337 g/mol. The maximum atomic E-state index is 5.36. The SMILES string of the molecule is CCCC[CH2][Cr]([CH2]CCCC)(=[N]C(C)(C)C)=[N]C(C)(C)C. The fourth-order valence-electron chi connectivity index (χ4n) is 2.49. The van der Waals surface area contributed by atoms with Crippen LogP contribution in [0.1, 0.15) is 93.9 Å². The third-order valence-electron chi connectivity index (χ3n) is 3.04. The Labute approximate surface area is 136 Å². The Morgan fingerprint density at radius 1 is 0.619 bits per heavy atom. The van der Waals surface area contributed by atoms with Crippen molar-refractivity contribution in [3.05, 3.63) is 0 Å². The predicted molar refractivity (Wildman–Crippen MR) is 93.0 cm³/mol. The molecule has 0 bridgehead atoms. The van der Waals surface area contributed by atoms with Crippen LogP contribution in [0.15, 0.2) is 7.86 Å². The van der Waals surface area contributed by atoms with Gasteiger partial charge < -0.3 is 0 Å². The van der Waals surface area contributed by atoms with Gasteiger partial charge in [0.15, 0.2) is 0 Å². The monoisotopic (exact) mass is 336 g/mol. The van der Waals surface area contributed by atoms with E-state index in [4.69, 9.17) is 7.86 Å². The first-order chi connectivity index (χ1) is 9.54. The van der Waals surface area contributed by atoms with Gasteiger partial charge in [-0.3, -0.25) is 0 Å². The molecule has 0 aliphatic carbocycles. The van der Waals surface area contributed by atoms with Crippen LogP contribution in [0, 0.1) is 0 Å². The van der Waals surface area contributed by atoms with Crippen LogP contribution >= 0.6 is 0 Å². The van der Waals surface area contributed by atoms with E-state index in [9.17, 15) is 0 Å². The molecule has 3 heteroatoms. The van der Waals surface area contributed by atoms with Crippen LogP contribution in [0.25, 0.3) is 0 Å². The van der Waals surface area contributed by atoms with Crippen molar-refractivity contribution in [1.29, 1.82) is 0 Å². The summed E-state index contributed by atoms with van der Waals surface area (Å²) < 4.78 is 10.7. The normalized spacial score (nSPS) is 13.3. The molecule has 0 saturated heterocycles. The van der Waals surface area contributed by atoms with Crippen molar-refractivity contribution in [3.63, 3.8) is 0 Å². The summed E-state index contributed by atoms with van der Waals surface area (Å²) in [7, 11) is 0. The van der Waals surface area contributed by atoms with E-state index in [0.717, 1.165) is 0 Å². The minimum atomic E-state index is -2.10. The Balaban J connectivity index is 5.61. The van der Waals surface area contributed by atoms with Gasteiger partial charge in [0.1, 0.15) is 0 Å². The molecular weight excluding hydrogens is 296 g/mol. The summed E-state index contributed by atoms with van der Waals surface area (Å²) in [5.74, 6) is 0. The fourth-order valence-corrected chi connectivity index (χ4v) is 8.71. The van der Waals surface area contributed by atoms with Gasteiger partial charge in [-0.15, -0.1) is 0 Å². The zero-order valence-electron chi connectivity index (χ0n) is 16.0. The second kappa shape index (κ2) is 9.31. The molecule has 0 aliphatic rings. The number of hydrogen-bond acceptors (Lipinski definition) is 2. The third kappa shape index (κ3) is 11.4. The molecule has 128 valence electrons. The van der Waals surface area contributed by atoms with Crippen LogP contribution < -0.4 is 0 Å². The van der Waals surface area contributed by atoms with Crippen LogP contribution in [0.2, 0.25) is 10.6 Å². The molecule has 0 aliphatic heterocycles. The van der Waals surface area contributed by atoms with Crippen LogP contribution in [-0.2, 0) is 12.7 Å². The molecular formula is C18H40CrN2. The molecule has 21 heavy (non-hydrogen) atoms. The Kier molecular flexibility index (Phi) is 9.37. The number of hydrogen-bond donors (Lipinski definition) is 0. The third-order valence-corrected chi connectivity index (χ3v) is 8.75. The zero-order valence-corrected chi connectivity index (χ0v) is 17.2. The molecule has 0 heterocycles. The summed E-state index contributed by atoms with van der Waals surface area (Å²) in [4.78, 5) is 0. The number of unbranched alkanes of at least 4 members (excludes halogenated alkanes) is 4. The van der Waals surface area contributed by atoms with Crippen molar-refractivity contribution in [3.8, 4) is 0 Å². The fraction of sp³-hybridized carbons (Fsp3) is 1.00. The van der Waals surface area contributed by atoms with Gasteiger partial charge in [-0.05, 0) is 0 Å². The van der Waals surface area contributed by atoms with Gasteiger partial charge in [-0.1, -0.05) is 0 Å². The molecule has 2 nitrogen and oxygen atoms in total. The average Bonchev–Trinajstić information content (AvgIpc) is 2.25. The topological polar surface area (TPSA) is 24.7 Å². The summed E-state index contributed by atoms with van der Waals surface area (Å²) in [5, 5.41) is 2.53. The first-order valence-corrected chi connectivity index (χ1v) is 11.7. The summed E-state index contributed by atoms with van der Waals surface area (Å²) in [6, 6.07) is 0. The van der Waals surface area contributed by atoms with E-state index < -0.39 is 12.7 Å². The molecule has 0 aromatic carbocycles. The van der Waals surface area contributed by atoms with Gasteiger partial charge in [0.2, 0.25) is 0 Å². The van der Waals surface area contributed by atoms with E-state index in [0.29, 0.717) is 0 Å². The Morgan fingerprint density at radius 3 is 1.19 bits per heavy atom. The van der Waals surface area contributed by atoms with Crippen molar-refractivity contribution >= 4 is 0 Å². The molecule has 0 amide bonds. The van der Waals surface area contributed by atoms with E-state index in [1.807, 2.05) is 0 Å². The van der Waals surface area contributed by atoms with Crippen LogP contribution in [0.4, 0.5) is 0 Å². The van der Waals surface area contributed by atoms with Gasteiger partial charge in [0, 0.05) is 0 Å². The second-order valence-corrected chi connectivity index (χ2v) is 12.5. The first kappa shape index (κ1) is 21.1. The van der Waals surface area contributed by atoms with Crippen molar-refractivity contribution in [2.75, 3.05) is 0 Å². The van der Waals surface area contributed by atoms with E-state index in [1.165, 1.54) is 49.1 Å². The molecule has 0 spiro atoms. The van der Waals surface area contributed by atoms with Crippen LogP contribution in [0.3, 0.4) is 0 Å². The minimum absolute atomic E-state index is 0.0488. The van der Waals surface area contributed by atoms with Crippen molar-refractivity contribution in [2.24, 2.45) is 7.86 Å². The Morgan fingerprint density at radius 2 is 0.952 bits per heavy atom. The standard InChI is InChI=1S/2C5H11.2C4H9N.Cr/c2*1-3-5-4-2;2*1-4(2,3)5;/h2*1,3-5H2,2H3;2*1-3H3;. The quantitative estimate of drug-likeness (QED) is 0.415. The van der Waals surface area contributed by atoms with Gasteiger partial charge in [0.25, 0.3) is 0 Å². The molecule has 0 radical (unpaired) electrons. The molecule has 0 atom stereocenters. The van der Waals surface area contributed by atoms with Gasteiger partial charge in [-0.2, -0.15) is 0 Å². The summed E-state index contributed by atoms with van der Waals surface area (Å²) in [5.41, 5.74) is 0.0976. The molecule has 0 rings (SSSR count). The summed E-state index contributed by atoms with van der Waals surface area (Å²) in [6.07, 6.45) is 7.84. The molecule has 0 unspecified atom stereocenters. The predicted octanol–water partition coefficient (Wildman–Crippen LogP) is 7.32. The van der Waals surface area contributed by atoms with Crippen molar-refractivity contribution < 1.29 is 12.7 Å². The molecule has 0 aromatic heterocycles. The zero-order chi connectivity index (χ0) is 16.6. The van der Waals surface area contributed by atoms with E-state index >= 15 is 0 Å². The van der Waals surface area contributed by atoms with Crippen molar-refractivity contribution in [1.82, 2.24) is 0 Å². The maximum absolute atomic E-state index is 5.36. The molecule has 0 fully saturated rings. The van der Waals surface area contributed by atoms with Crippen LogP contribution in [0.5, 0.6) is 0 Å². The summed E-state index contributed by atoms with van der Waals surface area (Å²) >= 11 is -2.10. The van der Waals surface area contributed by atoms with E-state index in [2.05, 4.69) is 55.4 Å². The van der Waals surface area contributed by atoms with Gasteiger partial charge in [0.05, 0.1) is 0 Å². The van der Waals surface area contributed by atoms with Gasteiger partial charge in [-0.25, -0.2) is 0 Å².